The Labute approximate surface area is 626 Å². The molecule has 6 atom stereocenters. The maximum absolute atomic E-state index is 13.1. The largest absolute Gasteiger partial charge is 0.472 e. The number of carbonyl (C=O) groups excluding carboxylic acids is 4. The van der Waals surface area contributed by atoms with Gasteiger partial charge in [0.2, 0.25) is 0 Å². The van der Waals surface area contributed by atoms with Gasteiger partial charge in [0.25, 0.3) is 0 Å². The number of phosphoric acid groups is 2. The molecule has 0 spiro atoms. The predicted octanol–water partition coefficient (Wildman–Crippen LogP) is 24.9. The number of rotatable bonds is 81. The Bertz CT molecular complexity index is 1980. The molecule has 19 heteroatoms. The highest BCUT2D eigenvalue weighted by Crippen LogP contribution is 2.45. The van der Waals surface area contributed by atoms with Gasteiger partial charge in [-0.15, -0.1) is 0 Å². The molecule has 0 fully saturated rings. The fourth-order valence-corrected chi connectivity index (χ4v) is 14.4. The molecular weight excluding hydrogens is 1330 g/mol. The summed E-state index contributed by atoms with van der Waals surface area (Å²) in [7, 11) is -9.92. The third kappa shape index (κ3) is 74.9. The van der Waals surface area contributed by atoms with E-state index < -0.39 is 97.5 Å². The Morgan fingerprint density at radius 3 is 0.745 bits per heavy atom. The maximum atomic E-state index is 13.1. The van der Waals surface area contributed by atoms with Crippen LogP contribution in [0.1, 0.15) is 434 Å². The number of hydrogen-bond donors (Lipinski definition) is 3. The number of phosphoric ester groups is 2. The van der Waals surface area contributed by atoms with Gasteiger partial charge >= 0.3 is 39.5 Å². The van der Waals surface area contributed by atoms with Crippen LogP contribution >= 0.6 is 15.6 Å². The maximum Gasteiger partial charge on any atom is 0.472 e. The zero-order valence-electron chi connectivity index (χ0n) is 67.1. The smallest absolute Gasteiger partial charge is 0.462 e. The van der Waals surface area contributed by atoms with Crippen molar-refractivity contribution in [3.63, 3.8) is 0 Å². The SMILES string of the molecule is CCCCCCCCCCCCCCCCCCCCCCCC(=O)O[C@H](COC(=O)CCCCCCCCCCCCCCCCC(C)C)COP(=O)(O)OC[C@@H](O)COP(=O)(O)OC[C@@H](COC(=O)CCCCCCCCCC(C)C)OC(=O)CCCCCCCCCCCCC(C)CC. The van der Waals surface area contributed by atoms with Crippen molar-refractivity contribution in [2.24, 2.45) is 17.8 Å². The van der Waals surface area contributed by atoms with E-state index in [0.717, 1.165) is 108 Å². The molecule has 0 aromatic heterocycles. The lowest BCUT2D eigenvalue weighted by Crippen LogP contribution is -2.30. The molecule has 3 unspecified atom stereocenters. The van der Waals surface area contributed by atoms with Gasteiger partial charge in [-0.3, -0.25) is 37.3 Å². The molecule has 0 saturated heterocycles. The van der Waals surface area contributed by atoms with Crippen LogP contribution in [0.4, 0.5) is 0 Å². The van der Waals surface area contributed by atoms with Crippen LogP contribution in [0.2, 0.25) is 0 Å². The first-order chi connectivity index (χ1) is 49.3. The van der Waals surface area contributed by atoms with E-state index in [2.05, 4.69) is 48.5 Å². The van der Waals surface area contributed by atoms with E-state index >= 15 is 0 Å². The Hall–Kier alpha value is -1.94. The molecule has 0 aromatic rings. The second kappa shape index (κ2) is 73.2. The number of esters is 4. The number of ether oxygens (including phenoxy) is 4. The Morgan fingerprint density at radius 2 is 0.500 bits per heavy atom. The lowest BCUT2D eigenvalue weighted by atomic mass is 9.99. The minimum absolute atomic E-state index is 0.106. The number of aliphatic hydroxyl groups is 1. The molecule has 0 saturated carbocycles. The molecule has 0 heterocycles. The molecular formula is C83H162O17P2. The molecule has 606 valence electrons. The third-order valence-electron chi connectivity index (χ3n) is 19.7. The number of aliphatic hydroxyl groups excluding tert-OH is 1. The molecule has 17 nitrogen and oxygen atoms in total. The van der Waals surface area contributed by atoms with Gasteiger partial charge in [-0.05, 0) is 43.4 Å². The van der Waals surface area contributed by atoms with E-state index in [0.29, 0.717) is 31.6 Å². The Balaban J connectivity index is 5.23. The van der Waals surface area contributed by atoms with Gasteiger partial charge in [0.1, 0.15) is 19.3 Å². The first-order valence-electron chi connectivity index (χ1n) is 42.9. The van der Waals surface area contributed by atoms with E-state index in [9.17, 15) is 43.2 Å². The van der Waals surface area contributed by atoms with Crippen LogP contribution < -0.4 is 0 Å². The summed E-state index contributed by atoms with van der Waals surface area (Å²) in [5.41, 5.74) is 0. The number of unbranched alkanes of at least 4 members (excludes halogenated alkanes) is 48. The summed E-state index contributed by atoms with van der Waals surface area (Å²) < 4.78 is 68.8. The van der Waals surface area contributed by atoms with Crippen LogP contribution in [-0.2, 0) is 65.4 Å². The average Bonchev–Trinajstić information content (AvgIpc) is 0.915. The molecule has 0 bridgehead atoms. The van der Waals surface area contributed by atoms with E-state index in [1.807, 2.05) is 0 Å². The minimum atomic E-state index is -4.96. The lowest BCUT2D eigenvalue weighted by Gasteiger charge is -2.21. The van der Waals surface area contributed by atoms with Gasteiger partial charge in [0.15, 0.2) is 12.2 Å². The van der Waals surface area contributed by atoms with Crippen molar-refractivity contribution < 1.29 is 80.2 Å². The molecule has 0 aromatic carbocycles. The number of hydrogen-bond acceptors (Lipinski definition) is 15. The van der Waals surface area contributed by atoms with Gasteiger partial charge < -0.3 is 33.8 Å². The van der Waals surface area contributed by atoms with Crippen molar-refractivity contribution in [3.8, 4) is 0 Å². The van der Waals surface area contributed by atoms with Crippen molar-refractivity contribution in [2.45, 2.75) is 452 Å². The summed E-state index contributed by atoms with van der Waals surface area (Å²) in [5, 5.41) is 10.7. The van der Waals surface area contributed by atoms with Gasteiger partial charge in [0.05, 0.1) is 26.4 Å². The van der Waals surface area contributed by atoms with Crippen molar-refractivity contribution in [1.82, 2.24) is 0 Å². The van der Waals surface area contributed by atoms with Crippen molar-refractivity contribution >= 4 is 39.5 Å². The Morgan fingerprint density at radius 1 is 0.284 bits per heavy atom. The average molecular weight is 1490 g/mol. The topological polar surface area (TPSA) is 237 Å². The van der Waals surface area contributed by atoms with Crippen molar-refractivity contribution in [1.29, 1.82) is 0 Å². The highest BCUT2D eigenvalue weighted by molar-refractivity contribution is 7.47. The number of carbonyl (C=O) groups is 4. The Kier molecular flexibility index (Phi) is 71.8. The highest BCUT2D eigenvalue weighted by atomic mass is 31.2. The second-order valence-corrected chi connectivity index (χ2v) is 34.0. The molecule has 0 aliphatic heterocycles. The van der Waals surface area contributed by atoms with Gasteiger partial charge in [-0.1, -0.05) is 382 Å². The van der Waals surface area contributed by atoms with E-state index in [1.54, 1.807) is 0 Å². The molecule has 0 radical (unpaired) electrons. The van der Waals surface area contributed by atoms with Crippen molar-refractivity contribution in [3.05, 3.63) is 0 Å². The second-order valence-electron chi connectivity index (χ2n) is 31.1. The molecule has 0 amide bonds. The molecule has 0 aliphatic rings. The zero-order valence-corrected chi connectivity index (χ0v) is 68.9. The molecule has 0 rings (SSSR count). The molecule has 0 aliphatic carbocycles. The van der Waals surface area contributed by atoms with Crippen LogP contribution in [0.5, 0.6) is 0 Å². The molecule has 3 N–H and O–H groups in total. The summed E-state index contributed by atoms with van der Waals surface area (Å²) in [4.78, 5) is 73.1. The minimum Gasteiger partial charge on any atom is -0.462 e. The first-order valence-corrected chi connectivity index (χ1v) is 45.9. The van der Waals surface area contributed by atoms with Gasteiger partial charge in [-0.2, -0.15) is 0 Å². The summed E-state index contributed by atoms with van der Waals surface area (Å²) in [6.07, 6.45) is 62.6. The van der Waals surface area contributed by atoms with Crippen LogP contribution in [-0.4, -0.2) is 96.7 Å². The van der Waals surface area contributed by atoms with Gasteiger partial charge in [-0.25, -0.2) is 9.13 Å². The van der Waals surface area contributed by atoms with E-state index in [1.165, 1.54) is 238 Å². The fraction of sp³-hybridized carbons (Fsp3) is 0.952. The fourth-order valence-electron chi connectivity index (χ4n) is 12.8. The third-order valence-corrected chi connectivity index (χ3v) is 21.6. The quantitative estimate of drug-likeness (QED) is 0.0222. The van der Waals surface area contributed by atoms with Crippen LogP contribution in [0.25, 0.3) is 0 Å². The summed E-state index contributed by atoms with van der Waals surface area (Å²) in [6, 6.07) is 0. The van der Waals surface area contributed by atoms with Gasteiger partial charge in [0, 0.05) is 25.7 Å². The standard InChI is InChI=1S/C83H162O17P2/c1-8-10-11-12-13-14-15-16-17-18-19-20-21-22-23-28-31-37-44-52-59-66-82(87)99-78(70-93-80(85)64-57-50-43-36-30-27-25-24-26-29-34-40-47-54-61-74(3)4)72-97-101(89,90)95-68-77(84)69-96-102(91,92)98-73-79(71-94-81(86)65-58-51-46-39-41-48-55-62-75(5)6)100-83(88)67-60-53-45-38-33-32-35-42-49-56-63-76(7)9-2/h74-79,84H,8-73H2,1-7H3,(H,89,90)(H,91,92)/t76?,77-,78-,79-/m1/s1. The van der Waals surface area contributed by atoms with E-state index in [-0.39, 0.29) is 25.7 Å². The van der Waals surface area contributed by atoms with Crippen molar-refractivity contribution in [2.75, 3.05) is 39.6 Å². The normalized spacial score (nSPS) is 14.2. The predicted molar refractivity (Wildman–Crippen MR) is 418 cm³/mol. The summed E-state index contributed by atoms with van der Waals surface area (Å²) in [6.45, 7) is 11.9. The van der Waals surface area contributed by atoms with E-state index in [4.69, 9.17) is 37.0 Å². The highest BCUT2D eigenvalue weighted by Gasteiger charge is 2.30. The molecule has 102 heavy (non-hydrogen) atoms. The lowest BCUT2D eigenvalue weighted by molar-refractivity contribution is -0.161. The van der Waals surface area contributed by atoms with Crippen LogP contribution in [0.15, 0.2) is 0 Å². The monoisotopic (exact) mass is 1490 g/mol. The van der Waals surface area contributed by atoms with Crippen LogP contribution in [0.3, 0.4) is 0 Å². The zero-order chi connectivity index (χ0) is 75.1. The summed E-state index contributed by atoms with van der Waals surface area (Å²) >= 11 is 0. The van der Waals surface area contributed by atoms with Crippen LogP contribution in [0, 0.1) is 17.8 Å². The summed E-state index contributed by atoms with van der Waals surface area (Å²) in [5.74, 6) is 0.196. The first kappa shape index (κ1) is 100.